The van der Waals surface area contributed by atoms with E-state index in [9.17, 15) is 9.59 Å². The van der Waals surface area contributed by atoms with Crippen molar-refractivity contribution in [3.05, 3.63) is 52.5 Å². The number of carbonyl (C=O) groups is 2. The zero-order valence-corrected chi connectivity index (χ0v) is 17.5. The van der Waals surface area contributed by atoms with Crippen molar-refractivity contribution in [2.24, 2.45) is 0 Å². The van der Waals surface area contributed by atoms with E-state index < -0.39 is 18.0 Å². The molecule has 156 valence electrons. The van der Waals surface area contributed by atoms with Gasteiger partial charge in [-0.15, -0.1) is 5.10 Å². The third-order valence-electron chi connectivity index (χ3n) is 5.26. The van der Waals surface area contributed by atoms with Gasteiger partial charge in [-0.2, -0.15) is 0 Å². The number of nitrogens with zero attached hydrogens (tertiary/aromatic N) is 4. The van der Waals surface area contributed by atoms with Crippen LogP contribution in [0.15, 0.2) is 24.4 Å². The number of rotatable bonds is 6. The Labute approximate surface area is 174 Å². The summed E-state index contributed by atoms with van der Waals surface area (Å²) < 4.78 is 11.7. The molecule has 0 amide bonds. The molecular formula is C22H24N4O4. The number of pyridine rings is 1. The van der Waals surface area contributed by atoms with Crippen LogP contribution in [0.4, 0.5) is 0 Å². The summed E-state index contributed by atoms with van der Waals surface area (Å²) >= 11 is 0. The normalized spacial score (nSPS) is 14.5. The highest BCUT2D eigenvalue weighted by Crippen LogP contribution is 2.40. The number of fused-ring (bicyclic) bond motifs is 1. The predicted molar refractivity (Wildman–Crippen MR) is 109 cm³/mol. The van der Waals surface area contributed by atoms with Gasteiger partial charge >= 0.3 is 11.9 Å². The van der Waals surface area contributed by atoms with Crippen LogP contribution in [0.2, 0.25) is 0 Å². The zero-order chi connectivity index (χ0) is 21.4. The van der Waals surface area contributed by atoms with E-state index in [4.69, 9.17) is 9.72 Å². The molecule has 2 heterocycles. The van der Waals surface area contributed by atoms with Crippen LogP contribution in [0.1, 0.15) is 64.7 Å². The van der Waals surface area contributed by atoms with Crippen LogP contribution >= 0.6 is 0 Å². The third kappa shape index (κ3) is 4.03. The van der Waals surface area contributed by atoms with Crippen molar-refractivity contribution in [3.8, 4) is 0 Å². The number of esters is 2. The SMILES string of the molecule is COC(=O)Cn1cc([C@@H](C)OC(=O)c2cc(C3CC3)nc3cc(C)cc(C)c23)nn1. The Kier molecular flexibility index (Phi) is 5.24. The molecule has 1 aliphatic carbocycles. The van der Waals surface area contributed by atoms with Gasteiger partial charge in [0, 0.05) is 17.0 Å². The van der Waals surface area contributed by atoms with E-state index >= 15 is 0 Å². The number of hydrogen-bond donors (Lipinski definition) is 0. The molecule has 8 heteroatoms. The van der Waals surface area contributed by atoms with Crippen molar-refractivity contribution in [1.29, 1.82) is 0 Å². The molecular weight excluding hydrogens is 384 g/mol. The minimum Gasteiger partial charge on any atom is -0.468 e. The average Bonchev–Trinajstić information content (AvgIpc) is 3.45. The summed E-state index contributed by atoms with van der Waals surface area (Å²) in [6.45, 7) is 5.68. The Morgan fingerprint density at radius 2 is 2.00 bits per heavy atom. The van der Waals surface area contributed by atoms with Crippen molar-refractivity contribution in [2.45, 2.75) is 52.2 Å². The molecule has 0 bridgehead atoms. The van der Waals surface area contributed by atoms with E-state index in [-0.39, 0.29) is 6.54 Å². The largest absolute Gasteiger partial charge is 0.468 e. The number of carbonyl (C=O) groups excluding carboxylic acids is 2. The fourth-order valence-corrected chi connectivity index (χ4v) is 3.58. The second-order valence-corrected chi connectivity index (χ2v) is 7.81. The molecule has 0 radical (unpaired) electrons. The van der Waals surface area contributed by atoms with Gasteiger partial charge in [0.15, 0.2) is 0 Å². The lowest BCUT2D eigenvalue weighted by Crippen LogP contribution is -2.12. The van der Waals surface area contributed by atoms with Crippen LogP contribution in [-0.2, 0) is 20.8 Å². The minimum absolute atomic E-state index is 0.0531. The van der Waals surface area contributed by atoms with Crippen molar-refractivity contribution in [2.75, 3.05) is 7.11 Å². The average molecular weight is 408 g/mol. The number of aryl methyl sites for hydroxylation is 2. The van der Waals surface area contributed by atoms with Gasteiger partial charge < -0.3 is 9.47 Å². The monoisotopic (exact) mass is 408 g/mol. The molecule has 0 saturated heterocycles. The molecule has 1 atom stereocenters. The highest BCUT2D eigenvalue weighted by molar-refractivity contribution is 6.05. The minimum atomic E-state index is -0.623. The Hall–Kier alpha value is -3.29. The van der Waals surface area contributed by atoms with Crippen molar-refractivity contribution in [1.82, 2.24) is 20.0 Å². The van der Waals surface area contributed by atoms with Gasteiger partial charge in [-0.1, -0.05) is 11.3 Å². The van der Waals surface area contributed by atoms with Crippen LogP contribution in [0.3, 0.4) is 0 Å². The molecule has 4 rings (SSSR count). The third-order valence-corrected chi connectivity index (χ3v) is 5.26. The Morgan fingerprint density at radius 1 is 1.23 bits per heavy atom. The lowest BCUT2D eigenvalue weighted by molar-refractivity contribution is -0.141. The van der Waals surface area contributed by atoms with Gasteiger partial charge in [-0.25, -0.2) is 9.48 Å². The molecule has 3 aromatic rings. The summed E-state index contributed by atoms with van der Waals surface area (Å²) in [5.74, 6) is -0.443. The Morgan fingerprint density at radius 3 is 2.70 bits per heavy atom. The van der Waals surface area contributed by atoms with E-state index in [1.54, 1.807) is 13.1 Å². The van der Waals surface area contributed by atoms with Gasteiger partial charge in [0.25, 0.3) is 0 Å². The molecule has 0 aliphatic heterocycles. The molecule has 1 aliphatic rings. The van der Waals surface area contributed by atoms with Gasteiger partial charge in [-0.3, -0.25) is 9.78 Å². The Bertz CT molecular complexity index is 1130. The maximum Gasteiger partial charge on any atom is 0.339 e. The van der Waals surface area contributed by atoms with Crippen LogP contribution < -0.4 is 0 Å². The van der Waals surface area contributed by atoms with Gasteiger partial charge in [0.1, 0.15) is 18.3 Å². The first-order chi connectivity index (χ1) is 14.4. The quantitative estimate of drug-likeness (QED) is 0.577. The van der Waals surface area contributed by atoms with Crippen LogP contribution in [-0.4, -0.2) is 39.0 Å². The van der Waals surface area contributed by atoms with Crippen molar-refractivity contribution >= 4 is 22.8 Å². The molecule has 30 heavy (non-hydrogen) atoms. The first-order valence-corrected chi connectivity index (χ1v) is 9.95. The van der Waals surface area contributed by atoms with Gasteiger partial charge in [0.2, 0.25) is 0 Å². The molecule has 2 aromatic heterocycles. The highest BCUT2D eigenvalue weighted by atomic mass is 16.5. The maximum atomic E-state index is 13.1. The summed E-state index contributed by atoms with van der Waals surface area (Å²) in [6.07, 6.45) is 3.14. The van der Waals surface area contributed by atoms with Crippen molar-refractivity contribution < 1.29 is 19.1 Å². The summed E-state index contributed by atoms with van der Waals surface area (Å²) in [6, 6.07) is 5.91. The van der Waals surface area contributed by atoms with Gasteiger partial charge in [-0.05, 0) is 56.9 Å². The van der Waals surface area contributed by atoms with E-state index in [0.717, 1.165) is 40.6 Å². The first-order valence-electron chi connectivity index (χ1n) is 9.95. The zero-order valence-electron chi connectivity index (χ0n) is 17.5. The van der Waals surface area contributed by atoms with Crippen molar-refractivity contribution in [3.63, 3.8) is 0 Å². The van der Waals surface area contributed by atoms with Crippen LogP contribution in [0.5, 0.6) is 0 Å². The molecule has 1 saturated carbocycles. The summed E-state index contributed by atoms with van der Waals surface area (Å²) in [7, 11) is 1.31. The number of benzene rings is 1. The number of methoxy groups -OCH3 is 1. The highest BCUT2D eigenvalue weighted by Gasteiger charge is 2.28. The molecule has 0 N–H and O–H groups in total. The number of aromatic nitrogens is 4. The predicted octanol–water partition coefficient (Wildman–Crippen LogP) is 3.41. The van der Waals surface area contributed by atoms with E-state index in [1.165, 1.54) is 11.8 Å². The molecule has 1 fully saturated rings. The molecule has 0 spiro atoms. The second kappa shape index (κ2) is 7.85. The fourth-order valence-electron chi connectivity index (χ4n) is 3.58. The van der Waals surface area contributed by atoms with E-state index in [2.05, 4.69) is 15.0 Å². The van der Waals surface area contributed by atoms with Crippen LogP contribution in [0, 0.1) is 13.8 Å². The molecule has 1 aromatic carbocycles. The lowest BCUT2D eigenvalue weighted by Gasteiger charge is -2.15. The first kappa shape index (κ1) is 20.0. The number of hydrogen-bond acceptors (Lipinski definition) is 7. The van der Waals surface area contributed by atoms with E-state index in [0.29, 0.717) is 17.2 Å². The fraction of sp³-hybridized carbons (Fsp3) is 0.409. The summed E-state index contributed by atoms with van der Waals surface area (Å²) in [5.41, 5.74) is 4.84. The molecule has 0 unspecified atom stereocenters. The van der Waals surface area contributed by atoms with E-state index in [1.807, 2.05) is 32.0 Å². The standard InChI is InChI=1S/C22H24N4O4/c1-12-7-13(2)21-16(9-17(15-5-6-15)23-18(21)8-12)22(28)30-14(3)19-10-26(25-24-19)11-20(27)29-4/h7-10,14-15H,5-6,11H2,1-4H3/t14-/m1/s1. The van der Waals surface area contributed by atoms with Crippen LogP contribution in [0.25, 0.3) is 10.9 Å². The summed E-state index contributed by atoms with van der Waals surface area (Å²) in [4.78, 5) is 29.3. The Balaban J connectivity index is 1.62. The summed E-state index contributed by atoms with van der Waals surface area (Å²) in [5, 5.41) is 8.72. The van der Waals surface area contributed by atoms with Gasteiger partial charge in [0.05, 0.1) is 24.4 Å². The smallest absolute Gasteiger partial charge is 0.339 e. The lowest BCUT2D eigenvalue weighted by atomic mass is 9.99. The molecule has 8 nitrogen and oxygen atoms in total. The number of ether oxygens (including phenoxy) is 2. The topological polar surface area (TPSA) is 96.2 Å². The maximum absolute atomic E-state index is 13.1. The second-order valence-electron chi connectivity index (χ2n) is 7.81.